The lowest BCUT2D eigenvalue weighted by Crippen LogP contribution is -2.29. The van der Waals surface area contributed by atoms with Crippen LogP contribution in [0.25, 0.3) is 5.76 Å². The van der Waals surface area contributed by atoms with E-state index in [4.69, 9.17) is 9.15 Å². The van der Waals surface area contributed by atoms with E-state index in [1.165, 1.54) is 24.1 Å². The number of amides is 1. The van der Waals surface area contributed by atoms with Crippen LogP contribution in [-0.4, -0.2) is 28.8 Å². The Hall–Kier alpha value is -3.39. The lowest BCUT2D eigenvalue weighted by atomic mass is 9.99. The maximum Gasteiger partial charge on any atom is 0.296 e. The van der Waals surface area contributed by atoms with E-state index in [-0.39, 0.29) is 17.9 Å². The van der Waals surface area contributed by atoms with Gasteiger partial charge in [0.1, 0.15) is 34.9 Å². The fraction of sp³-hybridized carbons (Fsp3) is 0.167. The molecule has 32 heavy (non-hydrogen) atoms. The molecule has 1 fully saturated rings. The molecule has 0 bridgehead atoms. The third-order valence-electron chi connectivity index (χ3n) is 5.26. The van der Waals surface area contributed by atoms with E-state index in [1.807, 2.05) is 0 Å². The number of likely N-dealkylation sites (tertiary alicyclic amines) is 1. The van der Waals surface area contributed by atoms with Crippen LogP contribution in [0.5, 0.6) is 5.75 Å². The van der Waals surface area contributed by atoms with Gasteiger partial charge in [0.05, 0.1) is 17.2 Å². The summed E-state index contributed by atoms with van der Waals surface area (Å²) in [7, 11) is 1.51. The van der Waals surface area contributed by atoms with Crippen molar-refractivity contribution in [3.05, 3.63) is 93.1 Å². The van der Waals surface area contributed by atoms with Crippen molar-refractivity contribution >= 4 is 33.4 Å². The molecule has 8 heteroatoms. The Bertz CT molecular complexity index is 1230. The van der Waals surface area contributed by atoms with Gasteiger partial charge in [0, 0.05) is 12.1 Å². The summed E-state index contributed by atoms with van der Waals surface area (Å²) in [5.41, 5.74) is 0.892. The second-order valence-electron chi connectivity index (χ2n) is 7.35. The first-order valence-electron chi connectivity index (χ1n) is 9.73. The van der Waals surface area contributed by atoms with Crippen molar-refractivity contribution in [1.82, 2.24) is 4.90 Å². The number of hydrogen-bond acceptors (Lipinski definition) is 5. The van der Waals surface area contributed by atoms with E-state index in [2.05, 4.69) is 15.9 Å². The highest BCUT2D eigenvalue weighted by molar-refractivity contribution is 9.10. The molecule has 0 spiro atoms. The first-order chi connectivity index (χ1) is 15.3. The number of carbonyl (C=O) groups is 2. The molecule has 2 aromatic carbocycles. The van der Waals surface area contributed by atoms with Crippen molar-refractivity contribution in [2.45, 2.75) is 19.5 Å². The number of ketones is 1. The Balaban J connectivity index is 1.83. The number of Topliss-reactive ketones (excluding diaryl/α,β-unsaturated/α-hetero) is 1. The Morgan fingerprint density at radius 3 is 2.47 bits per heavy atom. The molecule has 4 rings (SSSR count). The molecule has 3 aromatic rings. The summed E-state index contributed by atoms with van der Waals surface area (Å²) in [5, 5.41) is 11.1. The van der Waals surface area contributed by atoms with Gasteiger partial charge in [0.25, 0.3) is 11.7 Å². The van der Waals surface area contributed by atoms with E-state index in [0.29, 0.717) is 32.9 Å². The third kappa shape index (κ3) is 3.93. The second-order valence-corrected chi connectivity index (χ2v) is 8.21. The van der Waals surface area contributed by atoms with E-state index in [9.17, 15) is 19.1 Å². The number of nitrogens with zero attached hydrogens (tertiary/aromatic N) is 1. The van der Waals surface area contributed by atoms with Crippen molar-refractivity contribution < 1.29 is 28.2 Å². The molecule has 1 aromatic heterocycles. The zero-order valence-corrected chi connectivity index (χ0v) is 18.8. The van der Waals surface area contributed by atoms with Crippen LogP contribution < -0.4 is 4.74 Å². The summed E-state index contributed by atoms with van der Waals surface area (Å²) in [6.45, 7) is 1.79. The monoisotopic (exact) mass is 499 g/mol. The van der Waals surface area contributed by atoms with Gasteiger partial charge in [-0.05, 0) is 70.9 Å². The van der Waals surface area contributed by atoms with Crippen molar-refractivity contribution in [1.29, 1.82) is 0 Å². The van der Waals surface area contributed by atoms with E-state index in [1.54, 1.807) is 49.4 Å². The molecule has 1 aliphatic rings. The summed E-state index contributed by atoms with van der Waals surface area (Å²) in [4.78, 5) is 27.3. The molecule has 1 unspecified atom stereocenters. The third-order valence-corrected chi connectivity index (χ3v) is 5.88. The Morgan fingerprint density at radius 2 is 1.88 bits per heavy atom. The molecule has 164 valence electrons. The minimum Gasteiger partial charge on any atom is -0.507 e. The fourth-order valence-electron chi connectivity index (χ4n) is 3.69. The van der Waals surface area contributed by atoms with Crippen LogP contribution >= 0.6 is 15.9 Å². The van der Waals surface area contributed by atoms with Crippen LogP contribution in [0.2, 0.25) is 0 Å². The maximum atomic E-state index is 13.3. The lowest BCUT2D eigenvalue weighted by molar-refractivity contribution is -0.140. The first kappa shape index (κ1) is 21.8. The number of ether oxygens (including phenoxy) is 1. The van der Waals surface area contributed by atoms with Gasteiger partial charge in [-0.2, -0.15) is 0 Å². The number of rotatable bonds is 5. The highest BCUT2D eigenvalue weighted by atomic mass is 79.9. The average molecular weight is 500 g/mol. The molecule has 1 amide bonds. The molecule has 6 nitrogen and oxygen atoms in total. The molecule has 0 aliphatic carbocycles. The van der Waals surface area contributed by atoms with Crippen LogP contribution in [0.3, 0.4) is 0 Å². The summed E-state index contributed by atoms with van der Waals surface area (Å²) in [6, 6.07) is 12.9. The normalized spacial score (nSPS) is 17.8. The quantitative estimate of drug-likeness (QED) is 0.299. The van der Waals surface area contributed by atoms with Crippen LogP contribution in [0, 0.1) is 12.7 Å². The lowest BCUT2D eigenvalue weighted by Gasteiger charge is -2.23. The van der Waals surface area contributed by atoms with Gasteiger partial charge in [-0.15, -0.1) is 0 Å². The maximum absolute atomic E-state index is 13.3. The highest BCUT2D eigenvalue weighted by Crippen LogP contribution is 2.41. The van der Waals surface area contributed by atoms with Gasteiger partial charge < -0.3 is 19.2 Å². The Labute approximate surface area is 192 Å². The van der Waals surface area contributed by atoms with E-state index >= 15 is 0 Å². The molecule has 2 heterocycles. The number of aliphatic hydroxyl groups is 1. The van der Waals surface area contributed by atoms with E-state index < -0.39 is 23.5 Å². The van der Waals surface area contributed by atoms with Crippen LogP contribution in [0.1, 0.15) is 28.7 Å². The van der Waals surface area contributed by atoms with Gasteiger partial charge in [-0.3, -0.25) is 9.59 Å². The minimum atomic E-state index is -0.936. The smallest absolute Gasteiger partial charge is 0.296 e. The molecule has 0 radical (unpaired) electrons. The molecular formula is C24H19BrFNO5. The molecule has 0 saturated carbocycles. The molecule has 1 atom stereocenters. The number of methoxy groups -OCH3 is 1. The van der Waals surface area contributed by atoms with Gasteiger partial charge in [0.2, 0.25) is 0 Å². The predicted octanol–water partition coefficient (Wildman–Crippen LogP) is 5.12. The zero-order chi connectivity index (χ0) is 23.0. The predicted molar refractivity (Wildman–Crippen MR) is 118 cm³/mol. The average Bonchev–Trinajstić information content (AvgIpc) is 3.31. The number of aryl methyl sites for hydroxylation is 1. The number of aliphatic hydroxyl groups excluding tert-OH is 1. The van der Waals surface area contributed by atoms with Crippen LogP contribution in [0.4, 0.5) is 4.39 Å². The SMILES string of the molecule is COc1ccc(/C(O)=C2/C(=O)C(=O)N(Cc3ccc(F)cc3)C2c2ccc(C)o2)cc1Br. The molecular weight excluding hydrogens is 481 g/mol. The molecule has 1 saturated heterocycles. The summed E-state index contributed by atoms with van der Waals surface area (Å²) >= 11 is 3.37. The highest BCUT2D eigenvalue weighted by Gasteiger charge is 2.47. The zero-order valence-electron chi connectivity index (χ0n) is 17.3. The largest absolute Gasteiger partial charge is 0.507 e. The second kappa shape index (κ2) is 8.63. The summed E-state index contributed by atoms with van der Waals surface area (Å²) < 4.78 is 24.9. The van der Waals surface area contributed by atoms with Gasteiger partial charge in [0.15, 0.2) is 0 Å². The van der Waals surface area contributed by atoms with Gasteiger partial charge in [-0.1, -0.05) is 12.1 Å². The van der Waals surface area contributed by atoms with Gasteiger partial charge >= 0.3 is 0 Å². The van der Waals surface area contributed by atoms with Crippen molar-refractivity contribution in [3.8, 4) is 5.75 Å². The van der Waals surface area contributed by atoms with Crippen molar-refractivity contribution in [2.24, 2.45) is 0 Å². The number of hydrogen-bond donors (Lipinski definition) is 1. The fourth-order valence-corrected chi connectivity index (χ4v) is 4.24. The number of halogens is 2. The molecule has 1 N–H and O–H groups in total. The first-order valence-corrected chi connectivity index (χ1v) is 10.5. The van der Waals surface area contributed by atoms with Crippen molar-refractivity contribution in [3.63, 3.8) is 0 Å². The minimum absolute atomic E-state index is 0.0400. The number of carbonyl (C=O) groups excluding carboxylic acids is 2. The summed E-state index contributed by atoms with van der Waals surface area (Å²) in [5.74, 6) is -0.835. The van der Waals surface area contributed by atoms with E-state index in [0.717, 1.165) is 0 Å². The van der Waals surface area contributed by atoms with Crippen LogP contribution in [0.15, 0.2) is 69.1 Å². The van der Waals surface area contributed by atoms with Crippen molar-refractivity contribution in [2.75, 3.05) is 7.11 Å². The Kier molecular flexibility index (Phi) is 5.88. The van der Waals surface area contributed by atoms with Crippen LogP contribution in [-0.2, 0) is 16.1 Å². The Morgan fingerprint density at radius 1 is 1.16 bits per heavy atom. The topological polar surface area (TPSA) is 80.0 Å². The molecule has 1 aliphatic heterocycles. The number of benzene rings is 2. The number of furan rings is 1. The summed E-state index contributed by atoms with van der Waals surface area (Å²) in [6.07, 6.45) is 0. The van der Waals surface area contributed by atoms with Gasteiger partial charge in [-0.25, -0.2) is 4.39 Å². The standard InChI is InChI=1S/C24H19BrFNO5/c1-13-3-9-19(32-13)21-20(22(28)15-6-10-18(31-2)17(25)11-15)23(29)24(30)27(21)12-14-4-7-16(26)8-5-14/h3-11,21,28H,12H2,1-2H3/b22-20-.